The van der Waals surface area contributed by atoms with Crippen LogP contribution in [0.3, 0.4) is 0 Å². The molecule has 1 unspecified atom stereocenters. The third kappa shape index (κ3) is 4.15. The van der Waals surface area contributed by atoms with E-state index in [2.05, 4.69) is 14.8 Å². The first-order valence-corrected chi connectivity index (χ1v) is 6.41. The van der Waals surface area contributed by atoms with Gasteiger partial charge in [-0.2, -0.15) is 0 Å². The van der Waals surface area contributed by atoms with Gasteiger partial charge in [0.05, 0.1) is 7.11 Å². The molecule has 1 amide bonds. The molecule has 1 saturated heterocycles. The van der Waals surface area contributed by atoms with Crippen molar-refractivity contribution >= 4 is 21.9 Å². The molecule has 1 aliphatic heterocycles. The van der Waals surface area contributed by atoms with E-state index in [0.29, 0.717) is 6.42 Å². The highest BCUT2D eigenvalue weighted by Gasteiger charge is 2.24. The van der Waals surface area contributed by atoms with Crippen molar-refractivity contribution in [2.75, 3.05) is 19.4 Å². The number of rotatable bonds is 4. The SMILES string of the molecule is COC(=O)CS(=O)(=O)NC1CCC(=O)NC1. The van der Waals surface area contributed by atoms with Crippen LogP contribution in [0.5, 0.6) is 0 Å². The molecular weight excluding hydrogens is 236 g/mol. The topological polar surface area (TPSA) is 102 Å². The molecule has 0 aromatic rings. The summed E-state index contributed by atoms with van der Waals surface area (Å²) in [6, 6.07) is -0.354. The molecule has 0 spiro atoms. The molecule has 1 heterocycles. The summed E-state index contributed by atoms with van der Waals surface area (Å²) in [6.45, 7) is 0.249. The Morgan fingerprint density at radius 2 is 2.31 bits per heavy atom. The van der Waals surface area contributed by atoms with Crippen molar-refractivity contribution in [3.8, 4) is 0 Å². The number of hydrogen-bond acceptors (Lipinski definition) is 5. The van der Waals surface area contributed by atoms with Crippen LogP contribution in [0.2, 0.25) is 0 Å². The zero-order valence-electron chi connectivity index (χ0n) is 8.86. The lowest BCUT2D eigenvalue weighted by Crippen LogP contribution is -2.48. The number of esters is 1. The Labute approximate surface area is 93.6 Å². The summed E-state index contributed by atoms with van der Waals surface area (Å²) in [6.07, 6.45) is 0.720. The third-order valence-corrected chi connectivity index (χ3v) is 3.46. The largest absolute Gasteiger partial charge is 0.468 e. The van der Waals surface area contributed by atoms with Crippen LogP contribution in [0.25, 0.3) is 0 Å². The van der Waals surface area contributed by atoms with Crippen LogP contribution in [0.4, 0.5) is 0 Å². The van der Waals surface area contributed by atoms with Gasteiger partial charge in [-0.15, -0.1) is 0 Å². The van der Waals surface area contributed by atoms with E-state index in [1.807, 2.05) is 0 Å². The molecule has 1 atom stereocenters. The average molecular weight is 250 g/mol. The Morgan fingerprint density at radius 1 is 1.62 bits per heavy atom. The lowest BCUT2D eigenvalue weighted by Gasteiger charge is -2.22. The monoisotopic (exact) mass is 250 g/mol. The van der Waals surface area contributed by atoms with Crippen molar-refractivity contribution in [2.24, 2.45) is 0 Å². The summed E-state index contributed by atoms with van der Waals surface area (Å²) < 4.78 is 29.5. The Hall–Kier alpha value is -1.15. The maximum atomic E-state index is 11.4. The van der Waals surface area contributed by atoms with Gasteiger partial charge in [-0.25, -0.2) is 13.1 Å². The van der Waals surface area contributed by atoms with E-state index in [0.717, 1.165) is 7.11 Å². The normalized spacial score (nSPS) is 21.3. The summed E-state index contributed by atoms with van der Waals surface area (Å²) in [4.78, 5) is 21.6. The van der Waals surface area contributed by atoms with Gasteiger partial charge >= 0.3 is 5.97 Å². The van der Waals surface area contributed by atoms with Crippen molar-refractivity contribution in [2.45, 2.75) is 18.9 Å². The van der Waals surface area contributed by atoms with Gasteiger partial charge in [0.25, 0.3) is 0 Å². The van der Waals surface area contributed by atoms with E-state index in [4.69, 9.17) is 0 Å². The third-order valence-electron chi connectivity index (χ3n) is 2.15. The number of carbonyl (C=O) groups is 2. The van der Waals surface area contributed by atoms with Gasteiger partial charge in [-0.1, -0.05) is 0 Å². The molecule has 92 valence electrons. The second-order valence-corrected chi connectivity index (χ2v) is 5.25. The average Bonchev–Trinajstić information content (AvgIpc) is 2.20. The smallest absolute Gasteiger partial charge is 0.322 e. The Morgan fingerprint density at radius 3 is 2.81 bits per heavy atom. The molecule has 1 aliphatic rings. The van der Waals surface area contributed by atoms with E-state index in [-0.39, 0.29) is 24.9 Å². The molecule has 2 N–H and O–H groups in total. The molecule has 0 bridgehead atoms. The minimum absolute atomic E-state index is 0.0941. The first-order chi connectivity index (χ1) is 7.43. The van der Waals surface area contributed by atoms with Crippen LogP contribution >= 0.6 is 0 Å². The van der Waals surface area contributed by atoms with Gasteiger partial charge in [-0.05, 0) is 6.42 Å². The highest BCUT2D eigenvalue weighted by molar-refractivity contribution is 7.90. The Balaban J connectivity index is 2.46. The second-order valence-electron chi connectivity index (χ2n) is 3.49. The zero-order chi connectivity index (χ0) is 12.2. The quantitative estimate of drug-likeness (QED) is 0.582. The molecule has 0 aromatic heterocycles. The molecule has 1 rings (SSSR count). The van der Waals surface area contributed by atoms with Gasteiger partial charge in [0.1, 0.15) is 0 Å². The summed E-state index contributed by atoms with van der Waals surface area (Å²) in [5.74, 6) is -1.61. The van der Waals surface area contributed by atoms with Gasteiger partial charge in [0, 0.05) is 19.0 Å². The standard InChI is InChI=1S/C8H14N2O5S/c1-15-8(12)5-16(13,14)10-6-2-3-7(11)9-4-6/h6,10H,2-5H2,1H3,(H,9,11). The summed E-state index contributed by atoms with van der Waals surface area (Å²) >= 11 is 0. The van der Waals surface area contributed by atoms with Crippen LogP contribution in [-0.2, 0) is 24.3 Å². The number of methoxy groups -OCH3 is 1. The first kappa shape index (κ1) is 12.9. The van der Waals surface area contributed by atoms with Crippen molar-refractivity contribution in [1.29, 1.82) is 0 Å². The van der Waals surface area contributed by atoms with Crippen LogP contribution in [-0.4, -0.2) is 45.7 Å². The molecule has 0 aromatic carbocycles. The van der Waals surface area contributed by atoms with E-state index >= 15 is 0 Å². The number of sulfonamides is 1. The molecule has 0 aliphatic carbocycles. The number of piperidine rings is 1. The number of carbonyl (C=O) groups excluding carboxylic acids is 2. The van der Waals surface area contributed by atoms with Crippen molar-refractivity contribution < 1.29 is 22.7 Å². The van der Waals surface area contributed by atoms with E-state index in [1.165, 1.54) is 0 Å². The molecule has 1 fully saturated rings. The number of amides is 1. The van der Waals surface area contributed by atoms with Gasteiger partial charge in [0.2, 0.25) is 15.9 Å². The number of ether oxygens (including phenoxy) is 1. The van der Waals surface area contributed by atoms with Crippen LogP contribution in [0, 0.1) is 0 Å². The Bertz CT molecular complexity index is 368. The fourth-order valence-corrected chi connectivity index (χ4v) is 2.56. The van der Waals surface area contributed by atoms with Crippen LogP contribution in [0.1, 0.15) is 12.8 Å². The number of hydrogen-bond donors (Lipinski definition) is 2. The van der Waals surface area contributed by atoms with Gasteiger partial charge in [-0.3, -0.25) is 9.59 Å². The molecule has 7 nitrogen and oxygen atoms in total. The van der Waals surface area contributed by atoms with Crippen LogP contribution in [0.15, 0.2) is 0 Å². The van der Waals surface area contributed by atoms with Crippen molar-refractivity contribution in [1.82, 2.24) is 10.0 Å². The molecular formula is C8H14N2O5S. The zero-order valence-corrected chi connectivity index (χ0v) is 9.67. The summed E-state index contributed by atoms with van der Waals surface area (Å²) in [5.41, 5.74) is 0. The molecule has 16 heavy (non-hydrogen) atoms. The molecule has 0 radical (unpaired) electrons. The Kier molecular flexibility index (Phi) is 4.25. The summed E-state index contributed by atoms with van der Waals surface area (Å²) in [7, 11) is -2.56. The van der Waals surface area contributed by atoms with E-state index < -0.39 is 21.7 Å². The van der Waals surface area contributed by atoms with Crippen molar-refractivity contribution in [3.05, 3.63) is 0 Å². The second kappa shape index (κ2) is 5.26. The molecule has 8 heteroatoms. The summed E-state index contributed by atoms with van der Waals surface area (Å²) in [5, 5.41) is 2.54. The van der Waals surface area contributed by atoms with E-state index in [9.17, 15) is 18.0 Å². The highest BCUT2D eigenvalue weighted by Crippen LogP contribution is 2.04. The van der Waals surface area contributed by atoms with E-state index in [1.54, 1.807) is 0 Å². The van der Waals surface area contributed by atoms with Crippen LogP contribution < -0.4 is 10.0 Å². The first-order valence-electron chi connectivity index (χ1n) is 4.76. The maximum Gasteiger partial charge on any atom is 0.322 e. The highest BCUT2D eigenvalue weighted by atomic mass is 32.2. The minimum atomic E-state index is -3.69. The van der Waals surface area contributed by atoms with Crippen molar-refractivity contribution in [3.63, 3.8) is 0 Å². The predicted molar refractivity (Wildman–Crippen MR) is 55.0 cm³/mol. The van der Waals surface area contributed by atoms with Gasteiger partial charge < -0.3 is 10.1 Å². The minimum Gasteiger partial charge on any atom is -0.468 e. The predicted octanol–water partition coefficient (Wildman–Crippen LogP) is -1.64. The maximum absolute atomic E-state index is 11.4. The molecule has 0 saturated carbocycles. The fraction of sp³-hybridized carbons (Fsp3) is 0.750. The van der Waals surface area contributed by atoms with Gasteiger partial charge in [0.15, 0.2) is 5.75 Å². The lowest BCUT2D eigenvalue weighted by molar-refractivity contribution is -0.137. The number of nitrogens with one attached hydrogen (secondary N) is 2. The lowest BCUT2D eigenvalue weighted by atomic mass is 10.1. The fourth-order valence-electron chi connectivity index (χ4n) is 1.34.